The van der Waals surface area contributed by atoms with Crippen molar-refractivity contribution in [3.8, 4) is 0 Å². The predicted octanol–water partition coefficient (Wildman–Crippen LogP) is 2.80. The molecule has 2 unspecified atom stereocenters. The summed E-state index contributed by atoms with van der Waals surface area (Å²) in [6.45, 7) is -0.00316. The second-order valence-electron chi connectivity index (χ2n) is 7.74. The molecule has 2 fully saturated rings. The smallest absolute Gasteiger partial charge is 0.329 e. The summed E-state index contributed by atoms with van der Waals surface area (Å²) in [6, 6.07) is 7.99. The van der Waals surface area contributed by atoms with E-state index >= 15 is 0 Å². The van der Waals surface area contributed by atoms with E-state index in [0.29, 0.717) is 10.7 Å². The number of hydrogen-bond acceptors (Lipinski definition) is 5. The lowest BCUT2D eigenvalue weighted by atomic mass is 10.1. The first-order chi connectivity index (χ1) is 16.3. The van der Waals surface area contributed by atoms with Gasteiger partial charge in [-0.05, 0) is 36.4 Å². The van der Waals surface area contributed by atoms with E-state index in [9.17, 15) is 23.6 Å². The van der Waals surface area contributed by atoms with Crippen LogP contribution in [0.5, 0.6) is 0 Å². The molecular weight excluding hydrogens is 469 g/mol. The van der Waals surface area contributed by atoms with Crippen LogP contribution in [-0.2, 0) is 14.3 Å². The number of methoxy groups -OCH3 is 1. The summed E-state index contributed by atoms with van der Waals surface area (Å²) in [5.74, 6) is -1.95. The minimum atomic E-state index is -0.915. The number of imide groups is 1. The van der Waals surface area contributed by atoms with E-state index in [0.717, 1.165) is 11.0 Å². The number of amides is 6. The molecule has 6 amide bonds. The van der Waals surface area contributed by atoms with Crippen molar-refractivity contribution < 1.29 is 28.3 Å². The van der Waals surface area contributed by atoms with Gasteiger partial charge < -0.3 is 25.6 Å². The monoisotopic (exact) mass is 489 g/mol. The van der Waals surface area contributed by atoms with E-state index in [4.69, 9.17) is 16.3 Å². The molecule has 178 valence electrons. The van der Waals surface area contributed by atoms with Gasteiger partial charge in [-0.1, -0.05) is 11.6 Å². The average Bonchev–Trinajstić information content (AvgIpc) is 3.40. The largest absolute Gasteiger partial charge is 0.380 e. The molecule has 0 saturated carbocycles. The zero-order valence-corrected chi connectivity index (χ0v) is 18.8. The van der Waals surface area contributed by atoms with Crippen LogP contribution < -0.4 is 20.9 Å². The number of anilines is 3. The maximum atomic E-state index is 14.7. The number of nitrogens with zero attached hydrogens (tertiary/aromatic N) is 2. The fraction of sp³-hybridized carbons (Fsp3) is 0.273. The van der Waals surface area contributed by atoms with Crippen molar-refractivity contribution in [3.63, 3.8) is 0 Å². The fourth-order valence-corrected chi connectivity index (χ4v) is 3.94. The summed E-state index contributed by atoms with van der Waals surface area (Å²) >= 11 is 5.87. The molecule has 4 rings (SSSR count). The lowest BCUT2D eigenvalue weighted by molar-refractivity contribution is -0.119. The van der Waals surface area contributed by atoms with Gasteiger partial charge >= 0.3 is 12.1 Å². The Bertz CT molecular complexity index is 1130. The number of likely N-dealkylation sites (tertiary alicyclic amines) is 1. The fourth-order valence-electron chi connectivity index (χ4n) is 3.81. The van der Waals surface area contributed by atoms with Gasteiger partial charge in [0.15, 0.2) is 0 Å². The van der Waals surface area contributed by atoms with E-state index in [2.05, 4.69) is 16.0 Å². The topological polar surface area (TPSA) is 120 Å². The highest BCUT2D eigenvalue weighted by Crippen LogP contribution is 2.27. The van der Waals surface area contributed by atoms with Gasteiger partial charge in [-0.15, -0.1) is 0 Å². The number of nitrogens with one attached hydrogen (secondary N) is 3. The third kappa shape index (κ3) is 4.80. The molecule has 2 aromatic rings. The van der Waals surface area contributed by atoms with Gasteiger partial charge in [-0.2, -0.15) is 0 Å². The van der Waals surface area contributed by atoms with Crippen LogP contribution in [0.3, 0.4) is 0 Å². The Hall–Kier alpha value is -3.70. The molecule has 2 aromatic carbocycles. The van der Waals surface area contributed by atoms with Crippen LogP contribution in [0.15, 0.2) is 42.5 Å². The van der Waals surface area contributed by atoms with E-state index in [1.807, 2.05) is 0 Å². The molecule has 2 aliphatic heterocycles. The number of halogens is 2. The van der Waals surface area contributed by atoms with Gasteiger partial charge in [0.25, 0.3) is 5.91 Å². The summed E-state index contributed by atoms with van der Waals surface area (Å²) in [5, 5.41) is 8.05. The van der Waals surface area contributed by atoms with Crippen molar-refractivity contribution >= 4 is 52.5 Å². The average molecular weight is 490 g/mol. The van der Waals surface area contributed by atoms with Gasteiger partial charge in [-0.25, -0.2) is 18.9 Å². The molecule has 10 nitrogen and oxygen atoms in total. The number of carbonyl (C=O) groups is 4. The van der Waals surface area contributed by atoms with Crippen molar-refractivity contribution in [1.29, 1.82) is 0 Å². The number of carbonyl (C=O) groups excluding carboxylic acids is 4. The van der Waals surface area contributed by atoms with Crippen LogP contribution >= 0.6 is 11.6 Å². The first-order valence-corrected chi connectivity index (χ1v) is 10.7. The molecule has 12 heteroatoms. The lowest BCUT2D eigenvalue weighted by Gasteiger charge is -2.24. The van der Waals surface area contributed by atoms with E-state index in [1.165, 1.54) is 24.1 Å². The number of rotatable bonds is 5. The molecule has 2 atom stereocenters. The quantitative estimate of drug-likeness (QED) is 0.558. The summed E-state index contributed by atoms with van der Waals surface area (Å²) in [7, 11) is 1.48. The molecule has 0 bridgehead atoms. The second kappa shape index (κ2) is 9.65. The zero-order valence-electron chi connectivity index (χ0n) is 18.0. The predicted molar refractivity (Wildman–Crippen MR) is 122 cm³/mol. The van der Waals surface area contributed by atoms with Gasteiger partial charge in [0.2, 0.25) is 5.91 Å². The Morgan fingerprint density at radius 2 is 1.88 bits per heavy atom. The number of ether oxygens (including phenoxy) is 1. The summed E-state index contributed by atoms with van der Waals surface area (Å²) in [5.41, 5.74) is 0.385. The third-order valence-electron chi connectivity index (χ3n) is 5.57. The first kappa shape index (κ1) is 23.5. The van der Waals surface area contributed by atoms with Gasteiger partial charge in [-0.3, -0.25) is 9.59 Å². The Balaban J connectivity index is 1.48. The Morgan fingerprint density at radius 3 is 2.50 bits per heavy atom. The number of urea groups is 2. The zero-order chi connectivity index (χ0) is 24.4. The van der Waals surface area contributed by atoms with Crippen LogP contribution in [0, 0.1) is 5.82 Å². The molecule has 0 radical (unpaired) electrons. The van der Waals surface area contributed by atoms with Crippen molar-refractivity contribution in [2.75, 3.05) is 35.7 Å². The molecule has 0 aliphatic carbocycles. The van der Waals surface area contributed by atoms with E-state index < -0.39 is 35.7 Å². The highest BCUT2D eigenvalue weighted by molar-refractivity contribution is 6.30. The SMILES string of the molecule is COC1CC(C(=O)Nc2ccc(N3C(=O)CNC3=O)cc2F)N(C(=O)Nc2ccc(Cl)cc2)C1. The molecule has 34 heavy (non-hydrogen) atoms. The van der Waals surface area contributed by atoms with Crippen LogP contribution in [0.4, 0.5) is 31.0 Å². The van der Waals surface area contributed by atoms with Gasteiger partial charge in [0, 0.05) is 36.9 Å². The van der Waals surface area contributed by atoms with Gasteiger partial charge in [0.05, 0.1) is 24.0 Å². The first-order valence-electron chi connectivity index (χ1n) is 10.3. The van der Waals surface area contributed by atoms with Crippen LogP contribution in [0.1, 0.15) is 6.42 Å². The second-order valence-corrected chi connectivity index (χ2v) is 8.18. The molecule has 2 aliphatic rings. The Kier molecular flexibility index (Phi) is 6.66. The van der Waals surface area contributed by atoms with Crippen LogP contribution in [-0.4, -0.2) is 61.1 Å². The van der Waals surface area contributed by atoms with Crippen molar-refractivity contribution in [2.24, 2.45) is 0 Å². The van der Waals surface area contributed by atoms with Crippen LogP contribution in [0.2, 0.25) is 5.02 Å². The molecule has 2 heterocycles. The molecular formula is C22H21ClFN5O5. The third-order valence-corrected chi connectivity index (χ3v) is 5.82. The molecule has 0 aromatic heterocycles. The summed E-state index contributed by atoms with van der Waals surface area (Å²) in [6.07, 6.45) is -0.156. The maximum Gasteiger partial charge on any atom is 0.329 e. The summed E-state index contributed by atoms with van der Waals surface area (Å²) < 4.78 is 20.0. The van der Waals surface area contributed by atoms with E-state index in [-0.39, 0.29) is 37.0 Å². The van der Waals surface area contributed by atoms with Crippen molar-refractivity contribution in [1.82, 2.24) is 10.2 Å². The van der Waals surface area contributed by atoms with Crippen LogP contribution in [0.25, 0.3) is 0 Å². The Labute approximate surface area is 199 Å². The minimum absolute atomic E-state index is 0.0415. The minimum Gasteiger partial charge on any atom is -0.380 e. The Morgan fingerprint density at radius 1 is 1.15 bits per heavy atom. The lowest BCUT2D eigenvalue weighted by Crippen LogP contribution is -2.45. The summed E-state index contributed by atoms with van der Waals surface area (Å²) in [4.78, 5) is 51.6. The molecule has 2 saturated heterocycles. The number of benzene rings is 2. The highest BCUT2D eigenvalue weighted by Gasteiger charge is 2.40. The maximum absolute atomic E-state index is 14.7. The highest BCUT2D eigenvalue weighted by atomic mass is 35.5. The molecule has 3 N–H and O–H groups in total. The van der Waals surface area contributed by atoms with Crippen molar-refractivity contribution in [3.05, 3.63) is 53.3 Å². The standard InChI is InChI=1S/C22H21ClFN5O5/c1-34-15-9-18(28(11-15)22(33)26-13-4-2-12(23)3-5-13)20(31)27-17-7-6-14(8-16(17)24)29-19(30)10-25-21(29)32/h2-8,15,18H,9-11H2,1H3,(H,25,32)(H,26,33)(H,27,31). The number of hydrogen-bond donors (Lipinski definition) is 3. The van der Waals surface area contributed by atoms with E-state index in [1.54, 1.807) is 24.3 Å². The van der Waals surface area contributed by atoms with Gasteiger partial charge in [0.1, 0.15) is 11.9 Å². The molecule has 0 spiro atoms. The van der Waals surface area contributed by atoms with Crippen molar-refractivity contribution in [2.45, 2.75) is 18.6 Å². The normalized spacial score (nSPS) is 19.9.